The van der Waals surface area contributed by atoms with Gasteiger partial charge >= 0.3 is 0 Å². The Balaban J connectivity index is 1.35. The fraction of sp³-hybridized carbons (Fsp3) is 0.480. The Morgan fingerprint density at radius 3 is 2.29 bits per heavy atom. The number of methoxy groups -OCH3 is 1. The largest absolute Gasteiger partial charge is 0.497 e. The van der Waals surface area contributed by atoms with E-state index in [2.05, 4.69) is 34.1 Å². The fourth-order valence-corrected chi connectivity index (χ4v) is 4.52. The van der Waals surface area contributed by atoms with Crippen LogP contribution in [0.4, 0.5) is 0 Å². The number of hydrogen-bond donors (Lipinski definition) is 0. The van der Waals surface area contributed by atoms with Gasteiger partial charge in [-0.1, -0.05) is 24.3 Å². The quantitative estimate of drug-likeness (QED) is 0.620. The minimum atomic E-state index is -0.0376. The van der Waals surface area contributed by atoms with Crippen molar-refractivity contribution in [1.82, 2.24) is 14.7 Å². The zero-order chi connectivity index (χ0) is 21.6. The van der Waals surface area contributed by atoms with E-state index in [9.17, 15) is 4.79 Å². The summed E-state index contributed by atoms with van der Waals surface area (Å²) in [4.78, 5) is 19.2. The molecule has 31 heavy (non-hydrogen) atoms. The summed E-state index contributed by atoms with van der Waals surface area (Å²) in [5.41, 5.74) is 2.32. The molecule has 2 saturated heterocycles. The van der Waals surface area contributed by atoms with Crippen LogP contribution in [0, 0.1) is 0 Å². The zero-order valence-electron chi connectivity index (χ0n) is 18.6. The molecule has 2 fully saturated rings. The number of carbonyl (C=O) groups is 1. The van der Waals surface area contributed by atoms with Gasteiger partial charge in [0.15, 0.2) is 0 Å². The smallest absolute Gasteiger partial charge is 0.238 e. The molecule has 0 N–H and O–H groups in total. The van der Waals surface area contributed by atoms with E-state index in [0.29, 0.717) is 13.1 Å². The van der Waals surface area contributed by atoms with Crippen LogP contribution in [0.5, 0.6) is 11.5 Å². The van der Waals surface area contributed by atoms with Gasteiger partial charge in [-0.3, -0.25) is 14.6 Å². The van der Waals surface area contributed by atoms with E-state index < -0.39 is 0 Å². The van der Waals surface area contributed by atoms with Crippen molar-refractivity contribution in [1.29, 1.82) is 0 Å². The second-order valence-corrected chi connectivity index (χ2v) is 8.44. The van der Waals surface area contributed by atoms with Gasteiger partial charge < -0.3 is 14.4 Å². The lowest BCUT2D eigenvalue weighted by Gasteiger charge is -2.28. The van der Waals surface area contributed by atoms with Crippen molar-refractivity contribution in [3.05, 3.63) is 59.7 Å². The maximum Gasteiger partial charge on any atom is 0.238 e. The van der Waals surface area contributed by atoms with E-state index in [4.69, 9.17) is 9.47 Å². The lowest BCUT2D eigenvalue weighted by molar-refractivity contribution is -0.128. The van der Waals surface area contributed by atoms with Gasteiger partial charge in [0.25, 0.3) is 0 Å². The maximum atomic E-state index is 12.7. The number of carbonyl (C=O) groups excluding carboxylic acids is 1. The van der Waals surface area contributed by atoms with Crippen LogP contribution in [0.15, 0.2) is 48.5 Å². The molecule has 6 nitrogen and oxygen atoms in total. The minimum Gasteiger partial charge on any atom is -0.497 e. The summed E-state index contributed by atoms with van der Waals surface area (Å²) in [5.74, 6) is 1.91. The van der Waals surface area contributed by atoms with E-state index in [1.807, 2.05) is 36.2 Å². The van der Waals surface area contributed by atoms with Crippen molar-refractivity contribution in [3.63, 3.8) is 0 Å². The summed E-state index contributed by atoms with van der Waals surface area (Å²) in [6.07, 6.45) is 3.39. The van der Waals surface area contributed by atoms with Gasteiger partial charge in [0.1, 0.15) is 24.3 Å². The fourth-order valence-electron chi connectivity index (χ4n) is 4.52. The highest BCUT2D eigenvalue weighted by atomic mass is 16.5. The molecular formula is C25H33N3O3. The second-order valence-electron chi connectivity index (χ2n) is 8.44. The molecule has 1 atom stereocenters. The molecule has 6 heteroatoms. The van der Waals surface area contributed by atoms with Gasteiger partial charge in [-0.15, -0.1) is 0 Å². The molecule has 0 saturated carbocycles. The van der Waals surface area contributed by atoms with Crippen molar-refractivity contribution >= 4 is 5.91 Å². The molecule has 2 aromatic carbocycles. The highest BCUT2D eigenvalue weighted by molar-refractivity contribution is 5.81. The molecule has 0 radical (unpaired) electrons. The van der Waals surface area contributed by atoms with Crippen LogP contribution in [0.2, 0.25) is 0 Å². The molecule has 1 amide bonds. The average molecular weight is 424 g/mol. The molecule has 2 heterocycles. The highest BCUT2D eigenvalue weighted by Crippen LogP contribution is 2.30. The molecule has 2 aliphatic heterocycles. The maximum absolute atomic E-state index is 12.7. The van der Waals surface area contributed by atoms with Crippen LogP contribution >= 0.6 is 0 Å². The summed E-state index contributed by atoms with van der Waals surface area (Å²) in [5, 5.41) is 0. The van der Waals surface area contributed by atoms with Crippen molar-refractivity contribution in [2.75, 3.05) is 53.5 Å². The number of likely N-dealkylation sites (N-methyl/N-ethyl adjacent to an activating group) is 1. The second kappa shape index (κ2) is 10.2. The zero-order valence-corrected chi connectivity index (χ0v) is 18.6. The average Bonchev–Trinajstić information content (AvgIpc) is 3.40. The van der Waals surface area contributed by atoms with Gasteiger partial charge in [-0.2, -0.15) is 0 Å². The molecule has 0 aliphatic carbocycles. The third-order valence-electron chi connectivity index (χ3n) is 6.27. The number of amides is 1. The van der Waals surface area contributed by atoms with E-state index in [1.54, 1.807) is 7.11 Å². The molecule has 2 aromatic rings. The summed E-state index contributed by atoms with van der Waals surface area (Å²) in [6.45, 7) is 5.22. The Hall–Kier alpha value is -2.57. The summed E-state index contributed by atoms with van der Waals surface area (Å²) < 4.78 is 11.2. The lowest BCUT2D eigenvalue weighted by Crippen LogP contribution is -2.32. The molecule has 2 aliphatic rings. The van der Waals surface area contributed by atoms with E-state index >= 15 is 0 Å². The van der Waals surface area contributed by atoms with E-state index in [0.717, 1.165) is 36.6 Å². The van der Waals surface area contributed by atoms with Crippen LogP contribution < -0.4 is 9.47 Å². The number of benzene rings is 2. The molecule has 166 valence electrons. The van der Waals surface area contributed by atoms with Crippen molar-refractivity contribution in [2.24, 2.45) is 0 Å². The lowest BCUT2D eigenvalue weighted by atomic mass is 10.1. The number of hydrogen-bond acceptors (Lipinski definition) is 5. The molecule has 1 unspecified atom stereocenters. The Labute approximate surface area is 185 Å². The van der Waals surface area contributed by atoms with Gasteiger partial charge in [0, 0.05) is 13.1 Å². The van der Waals surface area contributed by atoms with Crippen LogP contribution in [-0.4, -0.2) is 74.1 Å². The van der Waals surface area contributed by atoms with E-state index in [-0.39, 0.29) is 12.1 Å². The summed E-state index contributed by atoms with van der Waals surface area (Å²) in [7, 11) is 3.68. The number of ether oxygens (including phenoxy) is 2. The standard InChI is InChI=1S/C25H33N3O3/c1-26-19-24(29)28(16-13-20-5-9-22(30-2)10-6-20)25(26)21-7-11-23(12-8-21)31-18-17-27-14-3-4-15-27/h5-12,25H,3-4,13-19H2,1-2H3. The Kier molecular flexibility index (Phi) is 7.10. The summed E-state index contributed by atoms with van der Waals surface area (Å²) >= 11 is 0. The normalized spacial score (nSPS) is 19.9. The van der Waals surface area contributed by atoms with Gasteiger partial charge in [0.2, 0.25) is 5.91 Å². The first-order valence-electron chi connectivity index (χ1n) is 11.2. The number of nitrogens with zero attached hydrogens (tertiary/aromatic N) is 3. The minimum absolute atomic E-state index is 0.0376. The van der Waals surface area contributed by atoms with Crippen molar-refractivity contribution in [3.8, 4) is 11.5 Å². The molecule has 4 rings (SSSR count). The first-order valence-corrected chi connectivity index (χ1v) is 11.2. The molecule has 0 bridgehead atoms. The highest BCUT2D eigenvalue weighted by Gasteiger charge is 2.36. The monoisotopic (exact) mass is 423 g/mol. The Morgan fingerprint density at radius 1 is 0.935 bits per heavy atom. The van der Waals surface area contributed by atoms with Gasteiger partial charge in [-0.25, -0.2) is 0 Å². The number of rotatable bonds is 9. The Bertz CT molecular complexity index is 847. The molecule has 0 spiro atoms. The van der Waals surface area contributed by atoms with Crippen molar-refractivity contribution < 1.29 is 14.3 Å². The Morgan fingerprint density at radius 2 is 1.61 bits per heavy atom. The predicted octanol–water partition coefficient (Wildman–Crippen LogP) is 3.19. The molecular weight excluding hydrogens is 390 g/mol. The van der Waals surface area contributed by atoms with E-state index in [1.165, 1.54) is 31.5 Å². The molecule has 0 aromatic heterocycles. The van der Waals surface area contributed by atoms with Crippen LogP contribution in [0.25, 0.3) is 0 Å². The van der Waals surface area contributed by atoms with Crippen LogP contribution in [-0.2, 0) is 11.2 Å². The van der Waals surface area contributed by atoms with Crippen LogP contribution in [0.1, 0.15) is 30.1 Å². The third kappa shape index (κ3) is 5.38. The predicted molar refractivity (Wildman–Crippen MR) is 121 cm³/mol. The van der Waals surface area contributed by atoms with Gasteiger partial charge in [0.05, 0.1) is 13.7 Å². The van der Waals surface area contributed by atoms with Crippen LogP contribution in [0.3, 0.4) is 0 Å². The summed E-state index contributed by atoms with van der Waals surface area (Å²) in [6, 6.07) is 16.3. The topological polar surface area (TPSA) is 45.3 Å². The third-order valence-corrected chi connectivity index (χ3v) is 6.27. The SMILES string of the molecule is COc1ccc(CCN2C(=O)CN(C)C2c2ccc(OCCN3CCCC3)cc2)cc1. The van der Waals surface area contributed by atoms with Gasteiger partial charge in [-0.05, 0) is 74.8 Å². The van der Waals surface area contributed by atoms with Crippen molar-refractivity contribution in [2.45, 2.75) is 25.4 Å². The number of likely N-dealkylation sites (tertiary alicyclic amines) is 1. The first-order chi connectivity index (χ1) is 15.1. The first kappa shape index (κ1) is 21.7.